The van der Waals surface area contributed by atoms with Gasteiger partial charge in [-0.15, -0.1) is 0 Å². The molecule has 4 nitrogen and oxygen atoms in total. The second-order valence-corrected chi connectivity index (χ2v) is 8.49. The smallest absolute Gasteiger partial charge is 0.156 e. The zero-order chi connectivity index (χ0) is 14.0. The summed E-state index contributed by atoms with van der Waals surface area (Å²) < 4.78 is 25.2. The van der Waals surface area contributed by atoms with Crippen molar-refractivity contribution in [2.24, 2.45) is 5.73 Å². The van der Waals surface area contributed by atoms with E-state index in [1.807, 2.05) is 30.0 Å². The van der Waals surface area contributed by atoms with Crippen molar-refractivity contribution in [3.63, 3.8) is 0 Å². The fraction of sp³-hybridized carbons (Fsp3) is 0.692. The largest absolute Gasteiger partial charge is 0.353 e. The molecule has 0 radical (unpaired) electrons. The van der Waals surface area contributed by atoms with Crippen LogP contribution in [0, 0.1) is 0 Å². The fourth-order valence-corrected chi connectivity index (χ4v) is 2.65. The van der Waals surface area contributed by atoms with Crippen LogP contribution >= 0.6 is 0 Å². The SMILES string of the molecule is CCC(N)c1ccn(CCS(=O)(=O)C(C)(C)C)c1. The summed E-state index contributed by atoms with van der Waals surface area (Å²) in [6.45, 7) is 7.71. The molecule has 1 aromatic rings. The van der Waals surface area contributed by atoms with E-state index in [-0.39, 0.29) is 11.8 Å². The summed E-state index contributed by atoms with van der Waals surface area (Å²) in [5, 5.41) is 0. The number of aryl methyl sites for hydroxylation is 1. The number of nitrogens with zero attached hydrogens (tertiary/aromatic N) is 1. The molecule has 1 heterocycles. The summed E-state index contributed by atoms with van der Waals surface area (Å²) in [4.78, 5) is 0. The first-order valence-corrected chi connectivity index (χ1v) is 7.96. The van der Waals surface area contributed by atoms with E-state index in [1.54, 1.807) is 20.8 Å². The number of nitrogens with two attached hydrogens (primary N) is 1. The molecule has 0 spiro atoms. The highest BCUT2D eigenvalue weighted by molar-refractivity contribution is 7.92. The van der Waals surface area contributed by atoms with Gasteiger partial charge in [-0.1, -0.05) is 6.92 Å². The van der Waals surface area contributed by atoms with Gasteiger partial charge in [-0.2, -0.15) is 0 Å². The van der Waals surface area contributed by atoms with Crippen molar-refractivity contribution in [1.82, 2.24) is 4.57 Å². The van der Waals surface area contributed by atoms with Gasteiger partial charge >= 0.3 is 0 Å². The highest BCUT2D eigenvalue weighted by Gasteiger charge is 2.28. The molecule has 2 N–H and O–H groups in total. The molecule has 0 aliphatic rings. The van der Waals surface area contributed by atoms with E-state index in [0.717, 1.165) is 12.0 Å². The van der Waals surface area contributed by atoms with Gasteiger partial charge in [0.2, 0.25) is 0 Å². The molecule has 0 aliphatic heterocycles. The van der Waals surface area contributed by atoms with Gasteiger partial charge < -0.3 is 10.3 Å². The quantitative estimate of drug-likeness (QED) is 0.893. The fourth-order valence-electron chi connectivity index (χ4n) is 1.59. The molecule has 0 fully saturated rings. The van der Waals surface area contributed by atoms with E-state index in [2.05, 4.69) is 0 Å². The van der Waals surface area contributed by atoms with E-state index >= 15 is 0 Å². The van der Waals surface area contributed by atoms with Gasteiger partial charge in [0.05, 0.1) is 10.5 Å². The molecule has 5 heteroatoms. The molecule has 0 saturated carbocycles. The maximum atomic E-state index is 12.0. The molecule has 0 aromatic carbocycles. The first-order valence-electron chi connectivity index (χ1n) is 6.31. The van der Waals surface area contributed by atoms with Crippen molar-refractivity contribution in [2.75, 3.05) is 5.75 Å². The van der Waals surface area contributed by atoms with Crippen LogP contribution in [0.15, 0.2) is 18.5 Å². The Hall–Kier alpha value is -0.810. The second-order valence-electron chi connectivity index (χ2n) is 5.63. The van der Waals surface area contributed by atoms with Crippen LogP contribution in [-0.2, 0) is 16.4 Å². The highest BCUT2D eigenvalue weighted by Crippen LogP contribution is 2.17. The van der Waals surface area contributed by atoms with Gasteiger partial charge in [-0.25, -0.2) is 8.42 Å². The van der Waals surface area contributed by atoms with Crippen molar-refractivity contribution in [3.8, 4) is 0 Å². The minimum atomic E-state index is -3.06. The van der Waals surface area contributed by atoms with Crippen molar-refractivity contribution >= 4 is 9.84 Å². The van der Waals surface area contributed by atoms with E-state index in [4.69, 9.17) is 5.73 Å². The zero-order valence-corrected chi connectivity index (χ0v) is 12.5. The first kappa shape index (κ1) is 15.2. The standard InChI is InChI=1S/C13H24N2O2S/c1-5-12(14)11-6-7-15(10-11)8-9-18(16,17)13(2,3)4/h6-7,10,12H,5,8-9,14H2,1-4H3. The Morgan fingerprint density at radius 3 is 2.50 bits per heavy atom. The van der Waals surface area contributed by atoms with Gasteiger partial charge in [0, 0.05) is 25.0 Å². The van der Waals surface area contributed by atoms with Crippen LogP contribution in [0.1, 0.15) is 45.7 Å². The lowest BCUT2D eigenvalue weighted by molar-refractivity contribution is 0.553. The van der Waals surface area contributed by atoms with Crippen LogP contribution in [0.2, 0.25) is 0 Å². The lowest BCUT2D eigenvalue weighted by atomic mass is 10.1. The van der Waals surface area contributed by atoms with E-state index in [0.29, 0.717) is 6.54 Å². The average molecular weight is 272 g/mol. The molecule has 1 unspecified atom stereocenters. The van der Waals surface area contributed by atoms with E-state index in [1.165, 1.54) is 0 Å². The second kappa shape index (κ2) is 5.45. The maximum absolute atomic E-state index is 12.0. The Morgan fingerprint density at radius 2 is 2.00 bits per heavy atom. The molecule has 1 rings (SSSR count). The monoisotopic (exact) mass is 272 g/mol. The third-order valence-corrected chi connectivity index (χ3v) is 5.78. The molecular weight excluding hydrogens is 248 g/mol. The Morgan fingerprint density at radius 1 is 1.39 bits per heavy atom. The van der Waals surface area contributed by atoms with Gasteiger partial charge in [-0.05, 0) is 38.8 Å². The maximum Gasteiger partial charge on any atom is 0.156 e. The Kier molecular flexibility index (Phi) is 4.61. The number of rotatable bonds is 5. The third-order valence-electron chi connectivity index (χ3n) is 3.19. The van der Waals surface area contributed by atoms with E-state index in [9.17, 15) is 8.42 Å². The minimum Gasteiger partial charge on any atom is -0.353 e. The van der Waals surface area contributed by atoms with Crippen LogP contribution in [0.3, 0.4) is 0 Å². The van der Waals surface area contributed by atoms with Gasteiger partial charge in [0.25, 0.3) is 0 Å². The van der Waals surface area contributed by atoms with Crippen LogP contribution in [-0.4, -0.2) is 23.5 Å². The summed E-state index contributed by atoms with van der Waals surface area (Å²) >= 11 is 0. The predicted molar refractivity (Wildman–Crippen MR) is 75.2 cm³/mol. The number of hydrogen-bond donors (Lipinski definition) is 1. The van der Waals surface area contributed by atoms with Crippen molar-refractivity contribution < 1.29 is 8.42 Å². The molecule has 0 amide bonds. The molecule has 1 aromatic heterocycles. The van der Waals surface area contributed by atoms with Crippen molar-refractivity contribution in [2.45, 2.75) is 51.4 Å². The summed E-state index contributed by atoms with van der Waals surface area (Å²) in [5.74, 6) is 0.159. The lowest BCUT2D eigenvalue weighted by Crippen LogP contribution is -2.31. The predicted octanol–water partition coefficient (Wildman–Crippen LogP) is 2.11. The Bertz CT molecular complexity index is 483. The molecule has 0 saturated heterocycles. The van der Waals surface area contributed by atoms with Gasteiger partial charge in [0.15, 0.2) is 9.84 Å². The van der Waals surface area contributed by atoms with Crippen LogP contribution in [0.25, 0.3) is 0 Å². The zero-order valence-electron chi connectivity index (χ0n) is 11.7. The summed E-state index contributed by atoms with van der Waals surface area (Å²) in [5.41, 5.74) is 6.99. The van der Waals surface area contributed by atoms with Crippen LogP contribution < -0.4 is 5.73 Å². The normalized spacial score (nSPS) is 14.7. The molecular formula is C13H24N2O2S. The number of aromatic nitrogens is 1. The summed E-state index contributed by atoms with van der Waals surface area (Å²) in [7, 11) is -3.06. The number of sulfone groups is 1. The van der Waals surface area contributed by atoms with Gasteiger partial charge in [0.1, 0.15) is 0 Å². The van der Waals surface area contributed by atoms with Gasteiger partial charge in [-0.3, -0.25) is 0 Å². The van der Waals surface area contributed by atoms with Crippen molar-refractivity contribution in [3.05, 3.63) is 24.0 Å². The lowest BCUT2D eigenvalue weighted by Gasteiger charge is -2.19. The average Bonchev–Trinajstić information content (AvgIpc) is 2.72. The molecule has 104 valence electrons. The number of hydrogen-bond acceptors (Lipinski definition) is 3. The topological polar surface area (TPSA) is 65.1 Å². The first-order chi connectivity index (χ1) is 8.17. The Labute approximate surface area is 110 Å². The molecule has 0 aliphatic carbocycles. The minimum absolute atomic E-state index is 0.0328. The summed E-state index contributed by atoms with van der Waals surface area (Å²) in [6, 6.07) is 1.99. The Balaban J connectivity index is 2.68. The molecule has 18 heavy (non-hydrogen) atoms. The van der Waals surface area contributed by atoms with Crippen LogP contribution in [0.5, 0.6) is 0 Å². The molecule has 0 bridgehead atoms. The van der Waals surface area contributed by atoms with Crippen molar-refractivity contribution in [1.29, 1.82) is 0 Å². The molecule has 1 atom stereocenters. The third kappa shape index (κ3) is 3.59. The van der Waals surface area contributed by atoms with Crippen LogP contribution in [0.4, 0.5) is 0 Å². The summed E-state index contributed by atoms with van der Waals surface area (Å²) in [6.07, 6.45) is 4.71. The van der Waals surface area contributed by atoms with E-state index < -0.39 is 14.6 Å². The highest BCUT2D eigenvalue weighted by atomic mass is 32.2.